The molecule has 2 aromatic heterocycles. The highest BCUT2D eigenvalue weighted by atomic mass is 79.9. The Morgan fingerprint density at radius 2 is 2.33 bits per heavy atom. The molecule has 0 saturated heterocycles. The minimum Gasteiger partial charge on any atom is -0.333 e. The predicted octanol–water partition coefficient (Wildman–Crippen LogP) is 4.08. The van der Waals surface area contributed by atoms with Crippen molar-refractivity contribution in [1.82, 2.24) is 4.90 Å². The number of rotatable bonds is 1. The van der Waals surface area contributed by atoms with Crippen molar-refractivity contribution in [3.63, 3.8) is 0 Å². The van der Waals surface area contributed by atoms with Crippen LogP contribution in [0.3, 0.4) is 0 Å². The topological polar surface area (TPSA) is 20.3 Å². The molecule has 94 valence electrons. The van der Waals surface area contributed by atoms with Crippen molar-refractivity contribution in [3.05, 3.63) is 42.2 Å². The minimum absolute atomic E-state index is 0.158. The van der Waals surface area contributed by atoms with Gasteiger partial charge < -0.3 is 4.90 Å². The maximum absolute atomic E-state index is 12.4. The third-order valence-corrected chi connectivity index (χ3v) is 6.31. The molecule has 3 heterocycles. The Bertz CT molecular complexity index is 582. The van der Waals surface area contributed by atoms with Gasteiger partial charge in [0.25, 0.3) is 5.91 Å². The average Bonchev–Trinajstić information content (AvgIpc) is 2.95. The van der Waals surface area contributed by atoms with Crippen LogP contribution in [0.25, 0.3) is 0 Å². The van der Waals surface area contributed by atoms with E-state index in [1.165, 1.54) is 21.8 Å². The van der Waals surface area contributed by atoms with Gasteiger partial charge in [-0.25, -0.2) is 0 Å². The molecule has 18 heavy (non-hydrogen) atoms. The Balaban J connectivity index is 1.82. The molecule has 0 spiro atoms. The van der Waals surface area contributed by atoms with Crippen LogP contribution in [0.2, 0.25) is 0 Å². The van der Waals surface area contributed by atoms with Crippen LogP contribution in [-0.4, -0.2) is 17.4 Å². The summed E-state index contributed by atoms with van der Waals surface area (Å²) in [7, 11) is 0. The number of hydrogen-bond acceptors (Lipinski definition) is 3. The van der Waals surface area contributed by atoms with E-state index in [0.717, 1.165) is 33.7 Å². The summed E-state index contributed by atoms with van der Waals surface area (Å²) >= 11 is 6.80. The van der Waals surface area contributed by atoms with Crippen LogP contribution in [0.15, 0.2) is 21.3 Å². The first kappa shape index (κ1) is 12.4. The predicted molar refractivity (Wildman–Crippen MR) is 79.5 cm³/mol. The third kappa shape index (κ3) is 2.15. The monoisotopic (exact) mass is 341 g/mol. The highest BCUT2D eigenvalue weighted by Gasteiger charge is 2.23. The highest BCUT2D eigenvalue weighted by Crippen LogP contribution is 2.30. The quantitative estimate of drug-likeness (QED) is 0.765. The van der Waals surface area contributed by atoms with E-state index in [1.807, 2.05) is 17.9 Å². The lowest BCUT2D eigenvalue weighted by Crippen LogP contribution is -2.34. The standard InChI is InChI=1S/C13H12BrNOS2/c1-8-6-11(18-12(8)14)13(16)15-4-2-10-9(7-15)3-5-17-10/h3,5-6H,2,4,7H2,1H3. The number of nitrogens with zero attached hydrogens (tertiary/aromatic N) is 1. The summed E-state index contributed by atoms with van der Waals surface area (Å²) in [5, 5.41) is 2.12. The van der Waals surface area contributed by atoms with Gasteiger partial charge in [-0.3, -0.25) is 4.79 Å². The summed E-state index contributed by atoms with van der Waals surface area (Å²) in [5.41, 5.74) is 2.45. The van der Waals surface area contributed by atoms with Gasteiger partial charge in [-0.15, -0.1) is 22.7 Å². The van der Waals surface area contributed by atoms with E-state index < -0.39 is 0 Å². The molecule has 2 nitrogen and oxygen atoms in total. The van der Waals surface area contributed by atoms with Gasteiger partial charge in [0, 0.05) is 18.0 Å². The Hall–Kier alpha value is -0.650. The number of carbonyl (C=O) groups is 1. The molecule has 0 fully saturated rings. The molecule has 0 N–H and O–H groups in total. The second-order valence-corrected chi connectivity index (χ2v) is 7.78. The summed E-state index contributed by atoms with van der Waals surface area (Å²) in [6.45, 7) is 3.61. The molecule has 1 aliphatic rings. The fraction of sp³-hybridized carbons (Fsp3) is 0.308. The molecule has 5 heteroatoms. The second-order valence-electron chi connectivity index (χ2n) is 4.41. The fourth-order valence-electron chi connectivity index (χ4n) is 2.14. The summed E-state index contributed by atoms with van der Waals surface area (Å²) in [6, 6.07) is 4.11. The van der Waals surface area contributed by atoms with Crippen molar-refractivity contribution in [2.45, 2.75) is 19.9 Å². The summed E-state index contributed by atoms with van der Waals surface area (Å²) in [4.78, 5) is 16.6. The number of amides is 1. The molecular weight excluding hydrogens is 330 g/mol. The van der Waals surface area contributed by atoms with Crippen molar-refractivity contribution in [2.75, 3.05) is 6.54 Å². The zero-order valence-electron chi connectivity index (χ0n) is 9.90. The van der Waals surface area contributed by atoms with Gasteiger partial charge in [0.05, 0.1) is 8.66 Å². The lowest BCUT2D eigenvalue weighted by Gasteiger charge is -2.26. The summed E-state index contributed by atoms with van der Waals surface area (Å²) in [5.74, 6) is 0.158. The first-order valence-electron chi connectivity index (χ1n) is 5.75. The Morgan fingerprint density at radius 3 is 3.06 bits per heavy atom. The van der Waals surface area contributed by atoms with E-state index in [2.05, 4.69) is 27.4 Å². The van der Waals surface area contributed by atoms with Gasteiger partial charge in [-0.05, 0) is 57.9 Å². The Labute approximate surface area is 122 Å². The number of aryl methyl sites for hydroxylation is 1. The first-order chi connectivity index (χ1) is 8.65. The Morgan fingerprint density at radius 1 is 1.50 bits per heavy atom. The normalized spacial score (nSPS) is 14.7. The molecule has 0 atom stereocenters. The molecule has 1 amide bonds. The maximum atomic E-state index is 12.4. The Kier molecular flexibility index (Phi) is 3.30. The average molecular weight is 342 g/mol. The van der Waals surface area contributed by atoms with Gasteiger partial charge >= 0.3 is 0 Å². The first-order valence-corrected chi connectivity index (χ1v) is 8.24. The minimum atomic E-state index is 0.158. The number of carbonyl (C=O) groups excluding carboxylic acids is 1. The summed E-state index contributed by atoms with van der Waals surface area (Å²) < 4.78 is 1.05. The molecule has 0 aliphatic carbocycles. The van der Waals surface area contributed by atoms with E-state index in [9.17, 15) is 4.79 Å². The van der Waals surface area contributed by atoms with E-state index in [0.29, 0.717) is 0 Å². The van der Waals surface area contributed by atoms with Crippen molar-refractivity contribution in [3.8, 4) is 0 Å². The van der Waals surface area contributed by atoms with Gasteiger partial charge in [0.15, 0.2) is 0 Å². The van der Waals surface area contributed by atoms with Crippen molar-refractivity contribution < 1.29 is 4.79 Å². The third-order valence-electron chi connectivity index (χ3n) is 3.16. The van der Waals surface area contributed by atoms with Gasteiger partial charge in [-0.2, -0.15) is 0 Å². The van der Waals surface area contributed by atoms with Gasteiger partial charge in [0.1, 0.15) is 0 Å². The molecular formula is C13H12BrNOS2. The zero-order valence-corrected chi connectivity index (χ0v) is 13.1. The number of thiophene rings is 2. The van der Waals surface area contributed by atoms with Crippen LogP contribution in [-0.2, 0) is 13.0 Å². The zero-order chi connectivity index (χ0) is 12.7. The van der Waals surface area contributed by atoms with Crippen LogP contribution < -0.4 is 0 Å². The largest absolute Gasteiger partial charge is 0.333 e. The molecule has 2 aromatic rings. The maximum Gasteiger partial charge on any atom is 0.264 e. The lowest BCUT2D eigenvalue weighted by molar-refractivity contribution is 0.0741. The molecule has 0 unspecified atom stereocenters. The van der Waals surface area contributed by atoms with E-state index >= 15 is 0 Å². The van der Waals surface area contributed by atoms with Crippen LogP contribution >= 0.6 is 38.6 Å². The van der Waals surface area contributed by atoms with E-state index in [4.69, 9.17) is 0 Å². The molecule has 3 rings (SSSR count). The van der Waals surface area contributed by atoms with Crippen molar-refractivity contribution in [2.24, 2.45) is 0 Å². The lowest BCUT2D eigenvalue weighted by atomic mass is 10.1. The van der Waals surface area contributed by atoms with E-state index in [1.54, 1.807) is 11.3 Å². The van der Waals surface area contributed by atoms with Gasteiger partial charge in [-0.1, -0.05) is 0 Å². The SMILES string of the molecule is Cc1cc(C(=O)N2CCc3sccc3C2)sc1Br. The molecule has 0 saturated carbocycles. The number of halogens is 1. The summed E-state index contributed by atoms with van der Waals surface area (Å²) in [6.07, 6.45) is 0.990. The molecule has 0 radical (unpaired) electrons. The molecule has 0 bridgehead atoms. The molecule has 1 aliphatic heterocycles. The van der Waals surface area contributed by atoms with Crippen molar-refractivity contribution >= 4 is 44.5 Å². The van der Waals surface area contributed by atoms with Gasteiger partial charge in [0.2, 0.25) is 0 Å². The smallest absolute Gasteiger partial charge is 0.264 e. The van der Waals surface area contributed by atoms with Crippen LogP contribution in [0, 0.1) is 6.92 Å². The second kappa shape index (κ2) is 4.79. The van der Waals surface area contributed by atoms with Crippen LogP contribution in [0.1, 0.15) is 25.7 Å². The van der Waals surface area contributed by atoms with Crippen molar-refractivity contribution in [1.29, 1.82) is 0 Å². The molecule has 0 aromatic carbocycles. The number of hydrogen-bond donors (Lipinski definition) is 0. The van der Waals surface area contributed by atoms with Crippen LogP contribution in [0.4, 0.5) is 0 Å². The number of fused-ring (bicyclic) bond motifs is 1. The van der Waals surface area contributed by atoms with Crippen LogP contribution in [0.5, 0.6) is 0 Å². The fourth-order valence-corrected chi connectivity index (χ4v) is 4.54. The highest BCUT2D eigenvalue weighted by molar-refractivity contribution is 9.11. The van der Waals surface area contributed by atoms with E-state index in [-0.39, 0.29) is 5.91 Å².